The summed E-state index contributed by atoms with van der Waals surface area (Å²) in [5.41, 5.74) is 1.55. The summed E-state index contributed by atoms with van der Waals surface area (Å²) in [6.45, 7) is 2.41. The van der Waals surface area contributed by atoms with Crippen LogP contribution in [0.5, 0.6) is 0 Å². The molecular formula is C21H24N2O3. The Kier molecular flexibility index (Phi) is 5.89. The van der Waals surface area contributed by atoms with Crippen molar-refractivity contribution < 1.29 is 14.3 Å². The number of carbonyl (C=O) groups is 2. The van der Waals surface area contributed by atoms with Crippen molar-refractivity contribution in [3.8, 4) is 0 Å². The molecule has 1 aliphatic heterocycles. The third-order valence-electron chi connectivity index (χ3n) is 4.67. The highest BCUT2D eigenvalue weighted by Crippen LogP contribution is 2.25. The van der Waals surface area contributed by atoms with Gasteiger partial charge in [-0.15, -0.1) is 0 Å². The fourth-order valence-corrected chi connectivity index (χ4v) is 3.23. The average molecular weight is 352 g/mol. The van der Waals surface area contributed by atoms with Crippen LogP contribution in [0, 0.1) is 0 Å². The Morgan fingerprint density at radius 1 is 1.15 bits per heavy atom. The van der Waals surface area contributed by atoms with Crippen LogP contribution in [0.3, 0.4) is 0 Å². The van der Waals surface area contributed by atoms with E-state index in [1.54, 1.807) is 12.1 Å². The standard InChI is InChI=1S/C21H24N2O3/c1-16-9-8-14-20(24)23(16)15-19(17-10-4-2-5-11-17)26-21(25)22-18-12-6-3-7-13-18/h2-7,10-13,16,19H,8-9,14-15H2,1H3,(H,22,25). The predicted octanol–water partition coefficient (Wildman–Crippen LogP) is 4.38. The van der Waals surface area contributed by atoms with Gasteiger partial charge in [-0.1, -0.05) is 48.5 Å². The van der Waals surface area contributed by atoms with Crippen LogP contribution in [0.4, 0.5) is 10.5 Å². The van der Waals surface area contributed by atoms with Crippen LogP contribution in [-0.4, -0.2) is 29.5 Å². The summed E-state index contributed by atoms with van der Waals surface area (Å²) < 4.78 is 5.70. The second-order valence-corrected chi connectivity index (χ2v) is 6.58. The first kappa shape index (κ1) is 18.0. The van der Waals surface area contributed by atoms with Crippen molar-refractivity contribution in [2.45, 2.75) is 38.3 Å². The minimum Gasteiger partial charge on any atom is -0.439 e. The van der Waals surface area contributed by atoms with E-state index < -0.39 is 12.2 Å². The maximum Gasteiger partial charge on any atom is 0.412 e. The van der Waals surface area contributed by atoms with Gasteiger partial charge in [-0.3, -0.25) is 10.1 Å². The Morgan fingerprint density at radius 3 is 2.46 bits per heavy atom. The lowest BCUT2D eigenvalue weighted by Crippen LogP contribution is -2.44. The van der Waals surface area contributed by atoms with Gasteiger partial charge in [0.25, 0.3) is 0 Å². The highest BCUT2D eigenvalue weighted by atomic mass is 16.6. The lowest BCUT2D eigenvalue weighted by molar-refractivity contribution is -0.137. The number of anilines is 1. The van der Waals surface area contributed by atoms with Gasteiger partial charge in [0.15, 0.2) is 0 Å². The monoisotopic (exact) mass is 352 g/mol. The van der Waals surface area contributed by atoms with E-state index in [0.717, 1.165) is 18.4 Å². The van der Waals surface area contributed by atoms with Gasteiger partial charge < -0.3 is 9.64 Å². The largest absolute Gasteiger partial charge is 0.439 e. The maximum atomic E-state index is 12.4. The summed E-state index contributed by atoms with van der Waals surface area (Å²) in [5.74, 6) is 0.122. The number of nitrogens with zero attached hydrogens (tertiary/aromatic N) is 1. The van der Waals surface area contributed by atoms with Crippen molar-refractivity contribution in [1.82, 2.24) is 4.90 Å². The molecule has 2 aromatic carbocycles. The molecule has 0 aliphatic carbocycles. The number of piperidine rings is 1. The van der Waals surface area contributed by atoms with Crippen LogP contribution in [0.1, 0.15) is 37.9 Å². The molecule has 2 aromatic rings. The normalized spacial score (nSPS) is 18.3. The van der Waals surface area contributed by atoms with Crippen molar-refractivity contribution >= 4 is 17.7 Å². The van der Waals surface area contributed by atoms with Gasteiger partial charge in [0.1, 0.15) is 6.10 Å². The van der Waals surface area contributed by atoms with Crippen molar-refractivity contribution in [3.63, 3.8) is 0 Å². The summed E-state index contributed by atoms with van der Waals surface area (Å²) in [7, 11) is 0. The van der Waals surface area contributed by atoms with E-state index in [9.17, 15) is 9.59 Å². The summed E-state index contributed by atoms with van der Waals surface area (Å²) >= 11 is 0. The van der Waals surface area contributed by atoms with Gasteiger partial charge in [0, 0.05) is 18.2 Å². The number of ether oxygens (including phenoxy) is 1. The molecule has 1 fully saturated rings. The van der Waals surface area contributed by atoms with Gasteiger partial charge in [-0.2, -0.15) is 0 Å². The Labute approximate surface area is 154 Å². The number of rotatable bonds is 5. The predicted molar refractivity (Wildman–Crippen MR) is 101 cm³/mol. The Hall–Kier alpha value is -2.82. The number of amides is 2. The molecule has 26 heavy (non-hydrogen) atoms. The zero-order valence-electron chi connectivity index (χ0n) is 14.9. The number of hydrogen-bond acceptors (Lipinski definition) is 3. The Balaban J connectivity index is 1.73. The smallest absolute Gasteiger partial charge is 0.412 e. The highest BCUT2D eigenvalue weighted by molar-refractivity contribution is 5.84. The lowest BCUT2D eigenvalue weighted by Gasteiger charge is -2.35. The average Bonchev–Trinajstić information content (AvgIpc) is 2.65. The van der Waals surface area contributed by atoms with E-state index in [0.29, 0.717) is 18.7 Å². The van der Waals surface area contributed by atoms with Crippen LogP contribution in [0.15, 0.2) is 60.7 Å². The minimum atomic E-state index is -0.526. The summed E-state index contributed by atoms with van der Waals surface area (Å²) in [6, 6.07) is 18.9. The molecule has 5 nitrogen and oxygen atoms in total. The highest BCUT2D eigenvalue weighted by Gasteiger charge is 2.29. The van der Waals surface area contributed by atoms with E-state index >= 15 is 0 Å². The molecule has 2 unspecified atom stereocenters. The third kappa shape index (κ3) is 4.63. The molecule has 0 aromatic heterocycles. The second kappa shape index (κ2) is 8.52. The second-order valence-electron chi connectivity index (χ2n) is 6.58. The van der Waals surface area contributed by atoms with E-state index in [2.05, 4.69) is 5.32 Å². The first-order valence-corrected chi connectivity index (χ1v) is 9.00. The molecule has 2 atom stereocenters. The van der Waals surface area contributed by atoms with E-state index in [-0.39, 0.29) is 11.9 Å². The summed E-state index contributed by atoms with van der Waals surface area (Å²) in [4.78, 5) is 26.5. The molecule has 1 aliphatic rings. The number of likely N-dealkylation sites (tertiary alicyclic amines) is 1. The fourth-order valence-electron chi connectivity index (χ4n) is 3.23. The van der Waals surface area contributed by atoms with Crippen LogP contribution in [0.25, 0.3) is 0 Å². The van der Waals surface area contributed by atoms with Crippen LogP contribution in [-0.2, 0) is 9.53 Å². The van der Waals surface area contributed by atoms with E-state index in [1.165, 1.54) is 0 Å². The number of carbonyl (C=O) groups excluding carboxylic acids is 2. The molecule has 5 heteroatoms. The van der Waals surface area contributed by atoms with Crippen LogP contribution >= 0.6 is 0 Å². The summed E-state index contributed by atoms with van der Waals surface area (Å²) in [5, 5.41) is 2.74. The molecule has 0 spiro atoms. The summed E-state index contributed by atoms with van der Waals surface area (Å²) in [6.07, 6.45) is 1.42. The Morgan fingerprint density at radius 2 is 1.81 bits per heavy atom. The zero-order valence-corrected chi connectivity index (χ0v) is 14.9. The van der Waals surface area contributed by atoms with Crippen molar-refractivity contribution in [2.75, 3.05) is 11.9 Å². The van der Waals surface area contributed by atoms with Gasteiger partial charge in [0.2, 0.25) is 5.91 Å². The van der Waals surface area contributed by atoms with Gasteiger partial charge >= 0.3 is 6.09 Å². The molecular weight excluding hydrogens is 328 g/mol. The Bertz CT molecular complexity index is 733. The van der Waals surface area contributed by atoms with Gasteiger partial charge in [-0.05, 0) is 37.5 Å². The molecule has 1 N–H and O–H groups in total. The molecule has 1 saturated heterocycles. The SMILES string of the molecule is CC1CCCC(=O)N1CC(OC(=O)Nc1ccccc1)c1ccccc1. The minimum absolute atomic E-state index is 0.122. The third-order valence-corrected chi connectivity index (χ3v) is 4.67. The number of hydrogen-bond donors (Lipinski definition) is 1. The van der Waals surface area contributed by atoms with E-state index in [4.69, 9.17) is 4.74 Å². The molecule has 0 saturated carbocycles. The molecule has 1 heterocycles. The van der Waals surface area contributed by atoms with Crippen molar-refractivity contribution in [3.05, 3.63) is 66.2 Å². The number of benzene rings is 2. The van der Waals surface area contributed by atoms with E-state index in [1.807, 2.05) is 60.4 Å². The maximum absolute atomic E-state index is 12.4. The van der Waals surface area contributed by atoms with Crippen molar-refractivity contribution in [1.29, 1.82) is 0 Å². The zero-order chi connectivity index (χ0) is 18.4. The topological polar surface area (TPSA) is 58.6 Å². The first-order valence-electron chi connectivity index (χ1n) is 9.00. The molecule has 3 rings (SSSR count). The van der Waals surface area contributed by atoms with Crippen LogP contribution < -0.4 is 5.32 Å². The molecule has 136 valence electrons. The quantitative estimate of drug-likeness (QED) is 0.869. The van der Waals surface area contributed by atoms with Gasteiger partial charge in [-0.25, -0.2) is 4.79 Å². The van der Waals surface area contributed by atoms with Crippen LogP contribution in [0.2, 0.25) is 0 Å². The number of nitrogens with one attached hydrogen (secondary N) is 1. The molecule has 2 amide bonds. The van der Waals surface area contributed by atoms with Crippen molar-refractivity contribution in [2.24, 2.45) is 0 Å². The molecule has 0 bridgehead atoms. The van der Waals surface area contributed by atoms with Gasteiger partial charge in [0.05, 0.1) is 6.54 Å². The fraction of sp³-hybridized carbons (Fsp3) is 0.333. The number of para-hydroxylation sites is 1. The molecule has 0 radical (unpaired) electrons. The lowest BCUT2D eigenvalue weighted by atomic mass is 10.0. The first-order chi connectivity index (χ1) is 12.6.